The summed E-state index contributed by atoms with van der Waals surface area (Å²) in [6, 6.07) is 5.77. The summed E-state index contributed by atoms with van der Waals surface area (Å²) in [6.07, 6.45) is 1.10. The van der Waals surface area contributed by atoms with Crippen molar-refractivity contribution in [3.8, 4) is 0 Å². The number of carboxylic acids is 2. The number of carbonyl (C=O) groups is 3. The minimum atomic E-state index is -1.28. The first-order valence-electron chi connectivity index (χ1n) is 11.0. The van der Waals surface area contributed by atoms with Gasteiger partial charge in [0, 0.05) is 24.6 Å². The van der Waals surface area contributed by atoms with E-state index in [1.165, 1.54) is 0 Å². The SMILES string of the molecule is CC[C@H](CC1CNc2nc(N)nc(N)c2N1)c1ccc(C(=O)N[C@@H](CCC(=O)O)C(=O)O)cc1. The average Bonchev–Trinajstić information content (AvgIpc) is 2.80. The highest BCUT2D eigenvalue weighted by atomic mass is 16.4. The number of rotatable bonds is 10. The highest BCUT2D eigenvalue weighted by Crippen LogP contribution is 2.33. The molecule has 34 heavy (non-hydrogen) atoms. The van der Waals surface area contributed by atoms with E-state index in [4.69, 9.17) is 16.6 Å². The lowest BCUT2D eigenvalue weighted by Gasteiger charge is -2.30. The Balaban J connectivity index is 1.64. The Labute approximate surface area is 196 Å². The van der Waals surface area contributed by atoms with Crippen molar-refractivity contribution >= 4 is 41.1 Å². The van der Waals surface area contributed by atoms with Crippen molar-refractivity contribution in [3.05, 3.63) is 35.4 Å². The second-order valence-electron chi connectivity index (χ2n) is 8.17. The summed E-state index contributed by atoms with van der Waals surface area (Å²) in [5, 5.41) is 27.0. The normalized spacial score (nSPS) is 16.3. The smallest absolute Gasteiger partial charge is 0.326 e. The van der Waals surface area contributed by atoms with E-state index in [1.54, 1.807) is 12.1 Å². The van der Waals surface area contributed by atoms with Crippen LogP contribution in [0, 0.1) is 0 Å². The lowest BCUT2D eigenvalue weighted by atomic mass is 9.89. The summed E-state index contributed by atoms with van der Waals surface area (Å²) in [6.45, 7) is 2.71. The number of hydrogen-bond donors (Lipinski definition) is 7. The van der Waals surface area contributed by atoms with Gasteiger partial charge in [-0.1, -0.05) is 19.1 Å². The number of anilines is 4. The van der Waals surface area contributed by atoms with E-state index in [2.05, 4.69) is 32.8 Å². The molecule has 2 aromatic rings. The number of nitrogens with two attached hydrogens (primary N) is 2. The van der Waals surface area contributed by atoms with Crippen LogP contribution in [0.1, 0.15) is 54.4 Å². The minimum absolute atomic E-state index is 0.0699. The summed E-state index contributed by atoms with van der Waals surface area (Å²) >= 11 is 0. The maximum absolute atomic E-state index is 12.5. The topological polar surface area (TPSA) is 206 Å². The summed E-state index contributed by atoms with van der Waals surface area (Å²) in [5.41, 5.74) is 13.6. The van der Waals surface area contributed by atoms with E-state index in [-0.39, 0.29) is 36.6 Å². The number of benzene rings is 1. The predicted molar refractivity (Wildman–Crippen MR) is 127 cm³/mol. The molecule has 1 amide bonds. The summed E-state index contributed by atoms with van der Waals surface area (Å²) in [4.78, 5) is 42.7. The minimum Gasteiger partial charge on any atom is -0.481 e. The molecule has 0 spiro atoms. The Morgan fingerprint density at radius 1 is 1.18 bits per heavy atom. The first kappa shape index (κ1) is 24.6. The third kappa shape index (κ3) is 6.03. The van der Waals surface area contributed by atoms with Crippen molar-refractivity contribution in [2.24, 2.45) is 0 Å². The molecule has 1 unspecified atom stereocenters. The highest BCUT2D eigenvalue weighted by Gasteiger charge is 2.25. The van der Waals surface area contributed by atoms with Crippen molar-refractivity contribution in [2.45, 2.75) is 50.6 Å². The molecular formula is C22H29N7O5. The third-order valence-corrected chi connectivity index (χ3v) is 5.78. The van der Waals surface area contributed by atoms with E-state index < -0.39 is 23.9 Å². The lowest BCUT2D eigenvalue weighted by molar-refractivity contribution is -0.140. The number of aromatic nitrogens is 2. The van der Waals surface area contributed by atoms with Crippen LogP contribution in [0.3, 0.4) is 0 Å². The van der Waals surface area contributed by atoms with Crippen LogP contribution in [-0.4, -0.2) is 56.7 Å². The van der Waals surface area contributed by atoms with Gasteiger partial charge in [-0.05, 0) is 42.9 Å². The van der Waals surface area contributed by atoms with Gasteiger partial charge < -0.3 is 37.6 Å². The maximum Gasteiger partial charge on any atom is 0.326 e. The molecule has 0 saturated heterocycles. The number of aliphatic carboxylic acids is 2. The van der Waals surface area contributed by atoms with Gasteiger partial charge in [-0.25, -0.2) is 4.79 Å². The molecule has 0 aliphatic carbocycles. The standard InChI is InChI=1S/C22H29N7O5/c1-2-11(9-14-10-25-19-17(26-14)18(23)28-22(24)29-19)12-3-5-13(6-4-12)20(32)27-15(21(33)34)7-8-16(30)31/h3-6,11,14-15,26H,2,7-10H2,1H3,(H,27,32)(H,30,31)(H,33,34)(H5,23,24,25,28,29)/t11-,14?,15+/m1/s1. The molecule has 0 fully saturated rings. The van der Waals surface area contributed by atoms with Crippen molar-refractivity contribution in [3.63, 3.8) is 0 Å². The monoisotopic (exact) mass is 471 g/mol. The van der Waals surface area contributed by atoms with E-state index in [0.29, 0.717) is 23.6 Å². The van der Waals surface area contributed by atoms with Gasteiger partial charge in [0.2, 0.25) is 5.95 Å². The molecular weight excluding hydrogens is 442 g/mol. The molecule has 1 aliphatic rings. The Morgan fingerprint density at radius 3 is 2.50 bits per heavy atom. The predicted octanol–water partition coefficient (Wildman–Crippen LogP) is 1.48. The first-order valence-corrected chi connectivity index (χ1v) is 11.0. The number of nitrogens with zero attached hydrogens (tertiary/aromatic N) is 2. The van der Waals surface area contributed by atoms with Crippen molar-refractivity contribution in [1.82, 2.24) is 15.3 Å². The van der Waals surface area contributed by atoms with Crippen LogP contribution in [0.15, 0.2) is 24.3 Å². The second kappa shape index (κ2) is 10.7. The van der Waals surface area contributed by atoms with Gasteiger partial charge >= 0.3 is 11.9 Å². The number of nitrogens with one attached hydrogen (secondary N) is 3. The molecule has 1 aliphatic heterocycles. The molecule has 2 heterocycles. The largest absolute Gasteiger partial charge is 0.481 e. The van der Waals surface area contributed by atoms with Gasteiger partial charge in [0.25, 0.3) is 5.91 Å². The maximum atomic E-state index is 12.5. The summed E-state index contributed by atoms with van der Waals surface area (Å²) in [7, 11) is 0. The number of hydrogen-bond acceptors (Lipinski definition) is 9. The number of carbonyl (C=O) groups excluding carboxylic acids is 1. The Kier molecular flexibility index (Phi) is 7.71. The number of fused-ring (bicyclic) bond motifs is 1. The van der Waals surface area contributed by atoms with E-state index in [9.17, 15) is 19.5 Å². The Bertz CT molecular complexity index is 1060. The highest BCUT2D eigenvalue weighted by molar-refractivity contribution is 5.96. The molecule has 1 aromatic heterocycles. The molecule has 3 atom stereocenters. The fraction of sp³-hybridized carbons (Fsp3) is 0.409. The van der Waals surface area contributed by atoms with Crippen LogP contribution in [-0.2, 0) is 9.59 Å². The van der Waals surface area contributed by atoms with Gasteiger partial charge in [0.1, 0.15) is 11.7 Å². The van der Waals surface area contributed by atoms with Gasteiger partial charge in [-0.15, -0.1) is 0 Å². The number of carboxylic acid groups (broad SMARTS) is 2. The van der Waals surface area contributed by atoms with Crippen LogP contribution < -0.4 is 27.4 Å². The van der Waals surface area contributed by atoms with Crippen LogP contribution in [0.25, 0.3) is 0 Å². The van der Waals surface area contributed by atoms with Crippen LogP contribution in [0.2, 0.25) is 0 Å². The first-order chi connectivity index (χ1) is 16.2. The summed E-state index contributed by atoms with van der Waals surface area (Å²) in [5.74, 6) is -1.81. The molecule has 0 bridgehead atoms. The zero-order valence-electron chi connectivity index (χ0n) is 18.7. The Hall–Kier alpha value is -4.09. The molecule has 0 radical (unpaired) electrons. The van der Waals surface area contributed by atoms with Crippen LogP contribution in [0.4, 0.5) is 23.3 Å². The van der Waals surface area contributed by atoms with E-state index in [1.807, 2.05) is 12.1 Å². The second-order valence-corrected chi connectivity index (χ2v) is 8.17. The van der Waals surface area contributed by atoms with Gasteiger partial charge in [-0.3, -0.25) is 9.59 Å². The lowest BCUT2D eigenvalue weighted by Crippen LogP contribution is -2.41. The molecule has 12 nitrogen and oxygen atoms in total. The van der Waals surface area contributed by atoms with Crippen LogP contribution >= 0.6 is 0 Å². The Morgan fingerprint density at radius 2 is 1.88 bits per heavy atom. The zero-order valence-corrected chi connectivity index (χ0v) is 18.7. The van der Waals surface area contributed by atoms with Crippen LogP contribution in [0.5, 0.6) is 0 Å². The summed E-state index contributed by atoms with van der Waals surface area (Å²) < 4.78 is 0. The van der Waals surface area contributed by atoms with Gasteiger partial charge in [-0.2, -0.15) is 9.97 Å². The zero-order chi connectivity index (χ0) is 24.8. The van der Waals surface area contributed by atoms with E-state index in [0.717, 1.165) is 18.4 Å². The van der Waals surface area contributed by atoms with Crippen molar-refractivity contribution in [2.75, 3.05) is 28.6 Å². The molecule has 12 heteroatoms. The molecule has 0 saturated carbocycles. The third-order valence-electron chi connectivity index (χ3n) is 5.78. The fourth-order valence-electron chi connectivity index (χ4n) is 3.94. The number of amides is 1. The fourth-order valence-corrected chi connectivity index (χ4v) is 3.94. The van der Waals surface area contributed by atoms with Crippen molar-refractivity contribution in [1.29, 1.82) is 0 Å². The average molecular weight is 472 g/mol. The number of nitrogen functional groups attached to an aromatic ring is 2. The molecule has 3 rings (SSSR count). The van der Waals surface area contributed by atoms with Gasteiger partial charge in [0.05, 0.1) is 0 Å². The van der Waals surface area contributed by atoms with Crippen molar-refractivity contribution < 1.29 is 24.6 Å². The van der Waals surface area contributed by atoms with E-state index >= 15 is 0 Å². The molecule has 9 N–H and O–H groups in total. The quantitative estimate of drug-likeness (QED) is 0.264. The molecule has 1 aromatic carbocycles. The van der Waals surface area contributed by atoms with Gasteiger partial charge in [0.15, 0.2) is 11.6 Å². The molecule has 182 valence electrons.